The number of rotatable bonds is 4. The second-order valence-electron chi connectivity index (χ2n) is 5.85. The molecule has 1 aromatic rings. The highest BCUT2D eigenvalue weighted by Crippen LogP contribution is 2.34. The zero-order chi connectivity index (χ0) is 14.7. The third-order valence-corrected chi connectivity index (χ3v) is 5.05. The average Bonchev–Trinajstić information content (AvgIpc) is 2.45. The van der Waals surface area contributed by atoms with E-state index in [-0.39, 0.29) is 11.9 Å². The van der Waals surface area contributed by atoms with E-state index in [1.165, 1.54) is 37.8 Å². The molecule has 3 atom stereocenters. The number of halogens is 2. The molecule has 1 aliphatic carbocycles. The van der Waals surface area contributed by atoms with Crippen LogP contribution in [-0.4, -0.2) is 24.5 Å². The summed E-state index contributed by atoms with van der Waals surface area (Å²) in [6, 6.07) is 5.32. The van der Waals surface area contributed by atoms with Crippen LogP contribution in [0.3, 0.4) is 0 Å². The molecule has 3 unspecified atom stereocenters. The molecule has 2 rings (SSSR count). The van der Waals surface area contributed by atoms with Crippen LogP contribution in [0.2, 0.25) is 5.02 Å². The van der Waals surface area contributed by atoms with Crippen LogP contribution in [0, 0.1) is 11.7 Å². The smallest absolute Gasteiger partial charge is 0.124 e. The maximum absolute atomic E-state index is 13.2. The first-order valence-electron chi connectivity index (χ1n) is 7.41. The van der Waals surface area contributed by atoms with Gasteiger partial charge in [-0.15, -0.1) is 0 Å². The molecule has 0 radical (unpaired) electrons. The summed E-state index contributed by atoms with van der Waals surface area (Å²) in [6.45, 7) is 2.86. The zero-order valence-corrected chi connectivity index (χ0v) is 13.0. The SMILES string of the molecule is CC(c1ccc(F)cc1Cl)N(C)C1CCCCC1CN. The van der Waals surface area contributed by atoms with Crippen LogP contribution in [0.15, 0.2) is 18.2 Å². The molecular weight excluding hydrogens is 275 g/mol. The molecule has 1 aliphatic rings. The molecule has 2 N–H and O–H groups in total. The van der Waals surface area contributed by atoms with Gasteiger partial charge in [0, 0.05) is 17.1 Å². The maximum atomic E-state index is 13.2. The largest absolute Gasteiger partial charge is 0.330 e. The van der Waals surface area contributed by atoms with Gasteiger partial charge in [-0.05, 0) is 57.0 Å². The summed E-state index contributed by atoms with van der Waals surface area (Å²) >= 11 is 6.19. The number of benzene rings is 1. The molecule has 1 aromatic carbocycles. The van der Waals surface area contributed by atoms with E-state index in [1.807, 2.05) is 0 Å². The normalized spacial score (nSPS) is 24.9. The zero-order valence-electron chi connectivity index (χ0n) is 12.3. The van der Waals surface area contributed by atoms with E-state index in [9.17, 15) is 4.39 Å². The highest BCUT2D eigenvalue weighted by molar-refractivity contribution is 6.31. The lowest BCUT2D eigenvalue weighted by Gasteiger charge is -2.41. The molecular formula is C16H24ClFN2. The summed E-state index contributed by atoms with van der Waals surface area (Å²) in [5, 5.41) is 0.504. The Hall–Kier alpha value is -0.640. The molecule has 0 spiro atoms. The van der Waals surface area contributed by atoms with E-state index in [0.717, 1.165) is 12.1 Å². The van der Waals surface area contributed by atoms with Gasteiger partial charge in [0.2, 0.25) is 0 Å². The van der Waals surface area contributed by atoms with Crippen molar-refractivity contribution < 1.29 is 4.39 Å². The minimum Gasteiger partial charge on any atom is -0.330 e. The quantitative estimate of drug-likeness (QED) is 0.911. The average molecular weight is 299 g/mol. The Morgan fingerprint density at radius 2 is 2.10 bits per heavy atom. The van der Waals surface area contributed by atoms with E-state index in [1.54, 1.807) is 6.07 Å². The third kappa shape index (κ3) is 3.33. The number of nitrogens with zero attached hydrogens (tertiary/aromatic N) is 1. The fourth-order valence-corrected chi connectivity index (χ4v) is 3.67. The Labute approximate surface area is 126 Å². The Balaban J connectivity index is 2.16. The van der Waals surface area contributed by atoms with Crippen molar-refractivity contribution in [3.8, 4) is 0 Å². The molecule has 20 heavy (non-hydrogen) atoms. The van der Waals surface area contributed by atoms with Crippen LogP contribution in [0.5, 0.6) is 0 Å². The van der Waals surface area contributed by atoms with Gasteiger partial charge >= 0.3 is 0 Å². The summed E-state index contributed by atoms with van der Waals surface area (Å²) in [5.74, 6) is 0.265. The van der Waals surface area contributed by atoms with Gasteiger partial charge in [-0.1, -0.05) is 30.5 Å². The van der Waals surface area contributed by atoms with Crippen LogP contribution in [0.1, 0.15) is 44.2 Å². The molecule has 0 saturated heterocycles. The number of hydrogen-bond donors (Lipinski definition) is 1. The second kappa shape index (κ2) is 6.88. The third-order valence-electron chi connectivity index (χ3n) is 4.72. The topological polar surface area (TPSA) is 29.3 Å². The van der Waals surface area contributed by atoms with Crippen molar-refractivity contribution in [1.29, 1.82) is 0 Å². The first kappa shape index (κ1) is 15.7. The van der Waals surface area contributed by atoms with Gasteiger partial charge < -0.3 is 5.73 Å². The number of nitrogens with two attached hydrogens (primary N) is 1. The fourth-order valence-electron chi connectivity index (χ4n) is 3.35. The molecule has 0 bridgehead atoms. The van der Waals surface area contributed by atoms with Crippen molar-refractivity contribution in [1.82, 2.24) is 4.90 Å². The van der Waals surface area contributed by atoms with Crippen molar-refractivity contribution >= 4 is 11.6 Å². The van der Waals surface area contributed by atoms with E-state index >= 15 is 0 Å². The van der Waals surface area contributed by atoms with E-state index in [2.05, 4.69) is 18.9 Å². The highest BCUT2D eigenvalue weighted by atomic mass is 35.5. The minimum atomic E-state index is -0.286. The van der Waals surface area contributed by atoms with Crippen molar-refractivity contribution in [2.24, 2.45) is 11.7 Å². The summed E-state index contributed by atoms with van der Waals surface area (Å²) in [7, 11) is 2.13. The number of hydrogen-bond acceptors (Lipinski definition) is 2. The van der Waals surface area contributed by atoms with Crippen LogP contribution in [0.25, 0.3) is 0 Å². The van der Waals surface area contributed by atoms with Gasteiger partial charge in [0.25, 0.3) is 0 Å². The molecule has 0 amide bonds. The van der Waals surface area contributed by atoms with Crippen LogP contribution >= 0.6 is 11.6 Å². The maximum Gasteiger partial charge on any atom is 0.124 e. The van der Waals surface area contributed by atoms with Gasteiger partial charge in [-0.25, -0.2) is 4.39 Å². The summed E-state index contributed by atoms with van der Waals surface area (Å²) in [6.07, 6.45) is 4.92. The van der Waals surface area contributed by atoms with Gasteiger partial charge in [0.1, 0.15) is 5.82 Å². The first-order valence-corrected chi connectivity index (χ1v) is 7.79. The summed E-state index contributed by atoms with van der Waals surface area (Å²) < 4.78 is 13.2. The van der Waals surface area contributed by atoms with Crippen LogP contribution < -0.4 is 5.73 Å². The van der Waals surface area contributed by atoms with Crippen LogP contribution in [0.4, 0.5) is 4.39 Å². The molecule has 1 fully saturated rings. The first-order chi connectivity index (χ1) is 9.54. The fraction of sp³-hybridized carbons (Fsp3) is 0.625. The predicted octanol–water partition coefficient (Wildman–Crippen LogP) is 3.99. The van der Waals surface area contributed by atoms with Gasteiger partial charge in [0.15, 0.2) is 0 Å². The van der Waals surface area contributed by atoms with Crippen molar-refractivity contribution in [3.05, 3.63) is 34.6 Å². The van der Waals surface area contributed by atoms with E-state index in [4.69, 9.17) is 17.3 Å². The van der Waals surface area contributed by atoms with Crippen molar-refractivity contribution in [3.63, 3.8) is 0 Å². The monoisotopic (exact) mass is 298 g/mol. The molecule has 2 nitrogen and oxygen atoms in total. The minimum absolute atomic E-state index is 0.167. The standard InChI is InChI=1S/C16H24ClFN2/c1-11(14-8-7-13(18)9-15(14)17)20(2)16-6-4-3-5-12(16)10-19/h7-9,11-12,16H,3-6,10,19H2,1-2H3. The highest BCUT2D eigenvalue weighted by Gasteiger charge is 2.30. The van der Waals surface area contributed by atoms with Crippen LogP contribution in [-0.2, 0) is 0 Å². The molecule has 112 valence electrons. The molecule has 1 saturated carbocycles. The van der Waals surface area contributed by atoms with Gasteiger partial charge in [0.05, 0.1) is 0 Å². The summed E-state index contributed by atoms with van der Waals surface area (Å²) in [4.78, 5) is 2.36. The Kier molecular flexibility index (Phi) is 5.42. The van der Waals surface area contributed by atoms with E-state index in [0.29, 0.717) is 17.0 Å². The lowest BCUT2D eigenvalue weighted by Crippen LogP contribution is -2.44. The molecule has 0 heterocycles. The van der Waals surface area contributed by atoms with Crippen molar-refractivity contribution in [2.75, 3.05) is 13.6 Å². The molecule has 0 aromatic heterocycles. The molecule has 0 aliphatic heterocycles. The lowest BCUT2D eigenvalue weighted by atomic mass is 9.83. The van der Waals surface area contributed by atoms with Gasteiger partial charge in [-0.3, -0.25) is 4.90 Å². The Bertz CT molecular complexity index is 452. The van der Waals surface area contributed by atoms with Gasteiger partial charge in [-0.2, -0.15) is 0 Å². The van der Waals surface area contributed by atoms with Crippen molar-refractivity contribution in [2.45, 2.75) is 44.7 Å². The Morgan fingerprint density at radius 1 is 1.40 bits per heavy atom. The predicted molar refractivity (Wildman–Crippen MR) is 82.4 cm³/mol. The summed E-state index contributed by atoms with van der Waals surface area (Å²) in [5.41, 5.74) is 6.90. The second-order valence-corrected chi connectivity index (χ2v) is 6.26. The van der Waals surface area contributed by atoms with E-state index < -0.39 is 0 Å². The molecule has 4 heteroatoms. The lowest BCUT2D eigenvalue weighted by molar-refractivity contribution is 0.0989. The Morgan fingerprint density at radius 3 is 2.75 bits per heavy atom.